The van der Waals surface area contributed by atoms with Crippen molar-refractivity contribution in [2.45, 2.75) is 51.5 Å². The lowest BCUT2D eigenvalue weighted by Crippen LogP contribution is -2.46. The van der Waals surface area contributed by atoms with E-state index in [2.05, 4.69) is 39.1 Å². The van der Waals surface area contributed by atoms with Crippen LogP contribution >= 0.6 is 11.3 Å². The first-order valence-corrected chi connectivity index (χ1v) is 12.6. The van der Waals surface area contributed by atoms with E-state index in [0.29, 0.717) is 11.7 Å². The van der Waals surface area contributed by atoms with Crippen LogP contribution in [0.15, 0.2) is 30.9 Å². The number of anilines is 2. The lowest BCUT2D eigenvalue weighted by molar-refractivity contribution is -0.139. The molecule has 1 fully saturated rings. The van der Waals surface area contributed by atoms with E-state index in [1.807, 2.05) is 18.3 Å². The van der Waals surface area contributed by atoms with Crippen LogP contribution in [0.25, 0.3) is 15.7 Å². The minimum atomic E-state index is -0.0320. The van der Waals surface area contributed by atoms with Crippen LogP contribution in [0, 0.1) is 5.92 Å². The van der Waals surface area contributed by atoms with Crippen molar-refractivity contribution in [1.82, 2.24) is 24.5 Å². The van der Waals surface area contributed by atoms with Crippen LogP contribution in [-0.4, -0.2) is 49.6 Å². The van der Waals surface area contributed by atoms with Gasteiger partial charge in [-0.25, -0.2) is 14.5 Å². The van der Waals surface area contributed by atoms with E-state index in [1.165, 1.54) is 10.4 Å². The van der Waals surface area contributed by atoms with Crippen LogP contribution in [0.5, 0.6) is 5.75 Å². The summed E-state index contributed by atoms with van der Waals surface area (Å²) in [7, 11) is 1.65. The van der Waals surface area contributed by atoms with Crippen LogP contribution in [0.1, 0.15) is 43.6 Å². The largest absolute Gasteiger partial charge is 0.493 e. The van der Waals surface area contributed by atoms with Gasteiger partial charge < -0.3 is 15.0 Å². The molecule has 1 N–H and O–H groups in total. The zero-order valence-electron chi connectivity index (χ0n) is 19.7. The molecule has 1 saturated heterocycles. The number of hydrogen-bond donors (Lipinski definition) is 1. The standard InChI is InChI=1S/C25H28N6O2S/c1-25(2)8-4-10-30(25)24(32)15-5-6-17-20(11-15)34-23-21(17)22(26-14-27-23)29-18-12-16-7-9-28-31(16)13-19(18)33-3/h7,9,12-15H,4-6,8,10-11H2,1-3H3,(H,26,27,29)/t15-/m0/s1. The number of carbonyl (C=O) groups excluding carboxylic acids is 1. The molecule has 0 aromatic carbocycles. The summed E-state index contributed by atoms with van der Waals surface area (Å²) in [5, 5.41) is 8.84. The molecule has 0 bridgehead atoms. The first-order chi connectivity index (χ1) is 16.4. The molecule has 8 nitrogen and oxygen atoms in total. The monoisotopic (exact) mass is 476 g/mol. The third kappa shape index (κ3) is 3.41. The van der Waals surface area contributed by atoms with E-state index in [0.717, 1.165) is 65.9 Å². The number of pyridine rings is 1. The predicted molar refractivity (Wildman–Crippen MR) is 133 cm³/mol. The van der Waals surface area contributed by atoms with Crippen LogP contribution < -0.4 is 10.1 Å². The molecule has 0 radical (unpaired) electrons. The molecule has 1 aliphatic heterocycles. The smallest absolute Gasteiger partial charge is 0.226 e. The van der Waals surface area contributed by atoms with Crippen molar-refractivity contribution >= 4 is 44.5 Å². The molecule has 0 saturated carbocycles. The fourth-order valence-corrected chi connectivity index (χ4v) is 6.75. The van der Waals surface area contributed by atoms with Gasteiger partial charge in [-0.05, 0) is 63.6 Å². The molecule has 34 heavy (non-hydrogen) atoms. The third-order valence-corrected chi connectivity index (χ3v) is 8.50. The molecule has 1 amide bonds. The van der Waals surface area contributed by atoms with E-state index >= 15 is 0 Å². The SMILES string of the molecule is COc1cn2nccc2cc1Nc1ncnc2sc3c(c12)CC[C@H](C(=O)N1CCCC1(C)C)C3. The Morgan fingerprint density at radius 2 is 2.21 bits per heavy atom. The molecule has 1 atom stereocenters. The van der Waals surface area contributed by atoms with Gasteiger partial charge in [0.15, 0.2) is 5.75 Å². The van der Waals surface area contributed by atoms with E-state index in [-0.39, 0.29) is 11.5 Å². The number of rotatable bonds is 4. The van der Waals surface area contributed by atoms with Gasteiger partial charge >= 0.3 is 0 Å². The number of hydrogen-bond acceptors (Lipinski definition) is 7. The molecule has 2 aliphatic rings. The van der Waals surface area contributed by atoms with Crippen molar-refractivity contribution in [1.29, 1.82) is 0 Å². The Kier molecular flexibility index (Phi) is 4.98. The Bertz CT molecular complexity index is 1410. The first kappa shape index (κ1) is 21.3. The van der Waals surface area contributed by atoms with Crippen molar-refractivity contribution in [2.24, 2.45) is 5.92 Å². The lowest BCUT2D eigenvalue weighted by Gasteiger charge is -2.35. The lowest BCUT2D eigenvalue weighted by atomic mass is 9.86. The van der Waals surface area contributed by atoms with Gasteiger partial charge in [-0.15, -0.1) is 11.3 Å². The number of fused-ring (bicyclic) bond motifs is 4. The summed E-state index contributed by atoms with van der Waals surface area (Å²) < 4.78 is 7.38. The molecule has 0 spiro atoms. The highest BCUT2D eigenvalue weighted by atomic mass is 32.1. The van der Waals surface area contributed by atoms with Crippen molar-refractivity contribution in [3.63, 3.8) is 0 Å². The minimum absolute atomic E-state index is 0.0320. The van der Waals surface area contributed by atoms with Gasteiger partial charge in [0.25, 0.3) is 0 Å². The average Bonchev–Trinajstić information content (AvgIpc) is 3.53. The van der Waals surface area contributed by atoms with Crippen molar-refractivity contribution < 1.29 is 9.53 Å². The number of nitrogens with zero attached hydrogens (tertiary/aromatic N) is 5. The number of nitrogens with one attached hydrogen (secondary N) is 1. The summed E-state index contributed by atoms with van der Waals surface area (Å²) in [5.74, 6) is 1.82. The molecular weight excluding hydrogens is 448 g/mol. The highest BCUT2D eigenvalue weighted by Crippen LogP contribution is 2.42. The Balaban J connectivity index is 1.33. The highest BCUT2D eigenvalue weighted by Gasteiger charge is 2.39. The summed E-state index contributed by atoms with van der Waals surface area (Å²) in [4.78, 5) is 26.9. The number of likely N-dealkylation sites (tertiary alicyclic amines) is 1. The topological polar surface area (TPSA) is 84.6 Å². The Morgan fingerprint density at radius 1 is 1.32 bits per heavy atom. The Morgan fingerprint density at radius 3 is 3.00 bits per heavy atom. The van der Waals surface area contributed by atoms with Crippen LogP contribution in [0.2, 0.25) is 0 Å². The van der Waals surface area contributed by atoms with Crippen molar-refractivity contribution in [3.05, 3.63) is 41.3 Å². The van der Waals surface area contributed by atoms with Crippen LogP contribution in [0.3, 0.4) is 0 Å². The average molecular weight is 477 g/mol. The van der Waals surface area contributed by atoms with Crippen molar-refractivity contribution in [2.75, 3.05) is 19.0 Å². The summed E-state index contributed by atoms with van der Waals surface area (Å²) in [6.07, 6.45) is 9.91. The van der Waals surface area contributed by atoms with Gasteiger partial charge in [0, 0.05) is 29.1 Å². The number of aromatic nitrogens is 4. The zero-order valence-corrected chi connectivity index (χ0v) is 20.5. The van der Waals surface area contributed by atoms with Crippen LogP contribution in [-0.2, 0) is 17.6 Å². The van der Waals surface area contributed by atoms with Gasteiger partial charge in [0.2, 0.25) is 5.91 Å². The summed E-state index contributed by atoms with van der Waals surface area (Å²) in [6, 6.07) is 3.95. The molecule has 9 heteroatoms. The molecule has 5 heterocycles. The number of ether oxygens (including phenoxy) is 1. The van der Waals surface area contributed by atoms with E-state index < -0.39 is 0 Å². The molecule has 6 rings (SSSR count). The summed E-state index contributed by atoms with van der Waals surface area (Å²) >= 11 is 1.69. The molecule has 0 unspecified atom stereocenters. The molecule has 4 aromatic rings. The number of amides is 1. The van der Waals surface area contributed by atoms with Gasteiger partial charge in [0.05, 0.1) is 29.9 Å². The number of thiophene rings is 1. The molecule has 1 aliphatic carbocycles. The Hall–Kier alpha value is -3.20. The van der Waals surface area contributed by atoms with Gasteiger partial charge in [-0.2, -0.15) is 5.10 Å². The van der Waals surface area contributed by atoms with E-state index in [4.69, 9.17) is 4.74 Å². The highest BCUT2D eigenvalue weighted by molar-refractivity contribution is 7.19. The molecule has 4 aromatic heterocycles. The van der Waals surface area contributed by atoms with Gasteiger partial charge in [0.1, 0.15) is 17.0 Å². The maximum atomic E-state index is 13.4. The zero-order chi connectivity index (χ0) is 23.4. The second kappa shape index (κ2) is 7.94. The van der Waals surface area contributed by atoms with E-state index in [9.17, 15) is 4.79 Å². The van der Waals surface area contributed by atoms with Crippen molar-refractivity contribution in [3.8, 4) is 5.75 Å². The summed E-state index contributed by atoms with van der Waals surface area (Å²) in [5.41, 5.74) is 3.04. The second-order valence-electron chi connectivity index (χ2n) is 9.83. The maximum absolute atomic E-state index is 13.4. The fourth-order valence-electron chi connectivity index (χ4n) is 5.49. The minimum Gasteiger partial charge on any atom is -0.493 e. The number of methoxy groups -OCH3 is 1. The predicted octanol–water partition coefficient (Wildman–Crippen LogP) is 4.60. The Labute approximate surface area is 202 Å². The normalized spacial score (nSPS) is 19.5. The first-order valence-electron chi connectivity index (χ1n) is 11.8. The summed E-state index contributed by atoms with van der Waals surface area (Å²) in [6.45, 7) is 5.26. The third-order valence-electron chi connectivity index (χ3n) is 7.33. The van der Waals surface area contributed by atoms with Gasteiger partial charge in [-0.1, -0.05) is 0 Å². The maximum Gasteiger partial charge on any atom is 0.226 e. The second-order valence-corrected chi connectivity index (χ2v) is 10.9. The molecular formula is C25H28N6O2S. The quantitative estimate of drug-likeness (QED) is 0.464. The molecule has 176 valence electrons. The number of aryl methyl sites for hydroxylation is 1. The van der Waals surface area contributed by atoms with Gasteiger partial charge in [-0.3, -0.25) is 4.79 Å². The van der Waals surface area contributed by atoms with E-state index in [1.54, 1.807) is 35.5 Å². The number of carbonyl (C=O) groups is 1. The fraction of sp³-hybridized carbons (Fsp3) is 0.440. The van der Waals surface area contributed by atoms with Crippen LogP contribution in [0.4, 0.5) is 11.5 Å².